The average molecular weight is 526 g/mol. The van der Waals surface area contributed by atoms with Crippen LogP contribution in [0.1, 0.15) is 6.42 Å². The first-order chi connectivity index (χ1) is 20.2. The van der Waals surface area contributed by atoms with Crippen molar-refractivity contribution in [1.82, 2.24) is 0 Å². The highest BCUT2D eigenvalue weighted by molar-refractivity contribution is 7.00. The average Bonchev–Trinajstić information content (AvgIpc) is 3.70. The molecule has 0 spiro atoms. The van der Waals surface area contributed by atoms with Crippen LogP contribution in [0.5, 0.6) is 40.2 Å². The minimum absolute atomic E-state index is 0.00869. The van der Waals surface area contributed by atoms with Crippen LogP contribution in [-0.4, -0.2) is 19.0 Å². The summed E-state index contributed by atoms with van der Waals surface area (Å²) in [5.74, 6) is 6.28. The molecule has 5 aromatic carbocycles. The number of benzene rings is 5. The predicted molar refractivity (Wildman–Crippen MR) is 162 cm³/mol. The Morgan fingerprint density at radius 2 is 1.12 bits per heavy atom. The zero-order chi connectivity index (χ0) is 26.5. The van der Waals surface area contributed by atoms with Crippen molar-refractivity contribution in [3.05, 3.63) is 109 Å². The van der Waals surface area contributed by atoms with Crippen LogP contribution in [0.15, 0.2) is 109 Å². The second-order valence-electron chi connectivity index (χ2n) is 12.0. The van der Waals surface area contributed by atoms with Gasteiger partial charge in [0, 0.05) is 16.2 Å². The molecule has 0 aromatic heterocycles. The summed E-state index contributed by atoms with van der Waals surface area (Å²) < 4.78 is 26.4. The third kappa shape index (κ3) is 2.32. The SMILES string of the molecule is C1=CC23CC2(C=C1)B1c2c(cccc2O3)Oc2ccc3c4c(ccc3c21)Oc1cccc2c1B4c1ccccc1O2. The molecule has 1 fully saturated rings. The minimum atomic E-state index is -0.306. The van der Waals surface area contributed by atoms with E-state index < -0.39 is 0 Å². The third-order valence-corrected chi connectivity index (χ3v) is 10.2. The van der Waals surface area contributed by atoms with Gasteiger partial charge in [0.05, 0.1) is 0 Å². The summed E-state index contributed by atoms with van der Waals surface area (Å²) in [6, 6.07) is 29.5. The van der Waals surface area contributed by atoms with Crippen LogP contribution < -0.4 is 46.3 Å². The molecule has 4 nitrogen and oxygen atoms in total. The highest BCUT2D eigenvalue weighted by Crippen LogP contribution is 2.72. The fourth-order valence-corrected chi connectivity index (χ4v) is 8.49. The molecule has 2 aliphatic carbocycles. The lowest BCUT2D eigenvalue weighted by atomic mass is 9.28. The highest BCUT2D eigenvalue weighted by atomic mass is 16.5. The predicted octanol–water partition coefficient (Wildman–Crippen LogP) is 4.68. The van der Waals surface area contributed by atoms with Crippen LogP contribution in [0.2, 0.25) is 5.31 Å². The van der Waals surface area contributed by atoms with E-state index in [0.29, 0.717) is 0 Å². The van der Waals surface area contributed by atoms with Crippen LogP contribution >= 0.6 is 0 Å². The second kappa shape index (κ2) is 6.72. The van der Waals surface area contributed by atoms with E-state index in [1.807, 2.05) is 30.3 Å². The van der Waals surface area contributed by atoms with Crippen LogP contribution in [0.25, 0.3) is 10.8 Å². The smallest absolute Gasteiger partial charge is 0.261 e. The van der Waals surface area contributed by atoms with Crippen molar-refractivity contribution < 1.29 is 18.9 Å². The first-order valence-electron chi connectivity index (χ1n) is 14.3. The summed E-state index contributed by atoms with van der Waals surface area (Å²) in [4.78, 5) is 0. The monoisotopic (exact) mass is 526 g/mol. The van der Waals surface area contributed by atoms with Gasteiger partial charge < -0.3 is 18.9 Å². The third-order valence-electron chi connectivity index (χ3n) is 10.2. The van der Waals surface area contributed by atoms with Gasteiger partial charge in [0.25, 0.3) is 6.71 Å². The van der Waals surface area contributed by atoms with Crippen LogP contribution in [0.4, 0.5) is 0 Å². The Balaban J connectivity index is 1.22. The van der Waals surface area contributed by atoms with Crippen LogP contribution in [0.3, 0.4) is 0 Å². The molecule has 11 rings (SSSR count). The van der Waals surface area contributed by atoms with Crippen LogP contribution in [-0.2, 0) is 0 Å². The molecule has 4 aliphatic heterocycles. The second-order valence-corrected chi connectivity index (χ2v) is 12.0. The van der Waals surface area contributed by atoms with Gasteiger partial charge in [-0.1, -0.05) is 60.7 Å². The Morgan fingerprint density at radius 3 is 1.95 bits per heavy atom. The fraction of sp³-hybridized carbons (Fsp3) is 0.0857. The number of para-hydroxylation sites is 1. The standard InChI is InChI=1S/C35H20B2O4/c1-2-8-23-22(7-1)36-30-20-13-16-28-31(21(20)14-15-27(30)39-25-10-5-9-24(38-23)32(25)36)37-33-26(40-28)11-6-12-29(33)41-35-18-4-3-17-34(35,37)19-35/h1-18H,19H2. The first kappa shape index (κ1) is 21.0. The lowest BCUT2D eigenvalue weighted by molar-refractivity contribution is 0.216. The zero-order valence-corrected chi connectivity index (χ0v) is 21.9. The van der Waals surface area contributed by atoms with Gasteiger partial charge in [-0.3, -0.25) is 0 Å². The van der Waals surface area contributed by atoms with E-state index in [4.69, 9.17) is 18.9 Å². The molecule has 6 heteroatoms. The molecule has 4 heterocycles. The summed E-state index contributed by atoms with van der Waals surface area (Å²) in [5, 5.41) is 2.27. The van der Waals surface area contributed by atoms with E-state index in [2.05, 4.69) is 78.9 Å². The highest BCUT2D eigenvalue weighted by Gasteiger charge is 2.76. The van der Waals surface area contributed by atoms with E-state index >= 15 is 0 Å². The maximum absolute atomic E-state index is 6.73. The van der Waals surface area contributed by atoms with Gasteiger partial charge in [-0.2, -0.15) is 0 Å². The molecule has 2 unspecified atom stereocenters. The molecule has 0 saturated heterocycles. The number of hydrogen-bond acceptors (Lipinski definition) is 4. The molecule has 190 valence electrons. The lowest BCUT2D eigenvalue weighted by Gasteiger charge is -2.40. The topological polar surface area (TPSA) is 36.9 Å². The van der Waals surface area contributed by atoms with Crippen molar-refractivity contribution in [2.24, 2.45) is 0 Å². The number of fused-ring (bicyclic) bond motifs is 9. The summed E-state index contributed by atoms with van der Waals surface area (Å²) in [7, 11) is 0. The van der Waals surface area contributed by atoms with Crippen molar-refractivity contribution in [2.75, 3.05) is 0 Å². The van der Waals surface area contributed by atoms with Crippen molar-refractivity contribution in [2.45, 2.75) is 17.3 Å². The van der Waals surface area contributed by atoms with Crippen molar-refractivity contribution >= 4 is 51.5 Å². The molecular formula is C35H20B2O4. The Labute approximate surface area is 237 Å². The minimum Gasteiger partial charge on any atom is -0.483 e. The summed E-state index contributed by atoms with van der Waals surface area (Å²) in [5.41, 5.74) is 5.55. The van der Waals surface area contributed by atoms with E-state index in [0.717, 1.165) is 57.6 Å². The van der Waals surface area contributed by atoms with Crippen molar-refractivity contribution in [3.8, 4) is 40.2 Å². The fourth-order valence-electron chi connectivity index (χ4n) is 8.49. The molecule has 0 amide bonds. The van der Waals surface area contributed by atoms with Gasteiger partial charge in [0.15, 0.2) is 0 Å². The maximum Gasteiger partial charge on any atom is 0.261 e. The summed E-state index contributed by atoms with van der Waals surface area (Å²) in [6.07, 6.45) is 9.92. The number of ether oxygens (including phenoxy) is 4. The molecule has 0 radical (unpaired) electrons. The lowest BCUT2D eigenvalue weighted by Crippen LogP contribution is -2.58. The van der Waals surface area contributed by atoms with E-state index in [1.165, 1.54) is 27.2 Å². The Morgan fingerprint density at radius 1 is 0.512 bits per heavy atom. The molecular weight excluding hydrogens is 506 g/mol. The van der Waals surface area contributed by atoms with Crippen molar-refractivity contribution in [3.63, 3.8) is 0 Å². The van der Waals surface area contributed by atoms with Crippen LogP contribution in [0, 0.1) is 0 Å². The van der Waals surface area contributed by atoms with Gasteiger partial charge in [-0.25, -0.2) is 0 Å². The molecule has 0 N–H and O–H groups in total. The molecule has 0 bridgehead atoms. The molecule has 6 aliphatic rings. The van der Waals surface area contributed by atoms with Gasteiger partial charge in [0.2, 0.25) is 6.71 Å². The zero-order valence-electron chi connectivity index (χ0n) is 21.9. The molecule has 2 atom stereocenters. The van der Waals surface area contributed by atoms with Crippen molar-refractivity contribution in [1.29, 1.82) is 0 Å². The number of allylic oxidation sites excluding steroid dienone is 2. The normalized spacial score (nSPS) is 23.7. The Kier molecular flexibility index (Phi) is 3.44. The van der Waals surface area contributed by atoms with Gasteiger partial charge in [0.1, 0.15) is 45.8 Å². The number of rotatable bonds is 0. The molecule has 5 aromatic rings. The maximum atomic E-state index is 6.73. The van der Waals surface area contributed by atoms with Gasteiger partial charge in [-0.15, -0.1) is 0 Å². The van der Waals surface area contributed by atoms with Gasteiger partial charge >= 0.3 is 0 Å². The van der Waals surface area contributed by atoms with E-state index in [1.54, 1.807) is 0 Å². The molecule has 1 saturated carbocycles. The first-order valence-corrected chi connectivity index (χ1v) is 14.3. The van der Waals surface area contributed by atoms with E-state index in [9.17, 15) is 0 Å². The largest absolute Gasteiger partial charge is 0.483 e. The summed E-state index contributed by atoms with van der Waals surface area (Å²) >= 11 is 0. The number of hydrogen-bond donors (Lipinski definition) is 0. The van der Waals surface area contributed by atoms with Gasteiger partial charge in [-0.05, 0) is 82.1 Å². The quantitative estimate of drug-likeness (QED) is 0.269. The summed E-state index contributed by atoms with van der Waals surface area (Å²) in [6.45, 7) is 0.137. The molecule has 41 heavy (non-hydrogen) atoms. The Hall–Kier alpha value is -4.83. The van der Waals surface area contributed by atoms with E-state index in [-0.39, 0.29) is 24.3 Å². The Bertz CT molecular complexity index is 2120.